The molecule has 146 valence electrons. The van der Waals surface area contributed by atoms with Crippen molar-refractivity contribution < 1.29 is 10.2 Å². The molecule has 3 rings (SSSR count). The molecule has 0 aromatic carbocycles. The van der Waals surface area contributed by atoms with E-state index < -0.39 is 0 Å². The van der Waals surface area contributed by atoms with Gasteiger partial charge in [-0.05, 0) is 88.2 Å². The highest BCUT2D eigenvalue weighted by molar-refractivity contribution is 7.11. The first-order chi connectivity index (χ1) is 12.5. The number of aryl methyl sites for hydroxylation is 2. The van der Waals surface area contributed by atoms with Crippen LogP contribution in [0.4, 0.5) is 0 Å². The van der Waals surface area contributed by atoms with E-state index in [1.54, 1.807) is 0 Å². The number of hydrogen-bond acceptors (Lipinski definition) is 3. The van der Waals surface area contributed by atoms with Crippen molar-refractivity contribution >= 4 is 11.3 Å². The molecule has 2 saturated carbocycles. The maximum Gasteiger partial charge on any atom is 0.0630 e. The maximum absolute atomic E-state index is 10.6. The minimum absolute atomic E-state index is 0.177. The average Bonchev–Trinajstić information content (AvgIpc) is 3.14. The number of rotatable bonds is 9. The van der Waals surface area contributed by atoms with Gasteiger partial charge in [0.25, 0.3) is 0 Å². The van der Waals surface area contributed by atoms with Crippen LogP contribution in [0, 0.1) is 24.2 Å². The number of aliphatic hydroxyl groups excluding tert-OH is 2. The van der Waals surface area contributed by atoms with Crippen LogP contribution in [-0.4, -0.2) is 22.4 Å². The van der Waals surface area contributed by atoms with E-state index in [1.807, 2.05) is 11.3 Å². The average molecular weight is 377 g/mol. The summed E-state index contributed by atoms with van der Waals surface area (Å²) in [5.74, 6) is 0.884. The molecule has 1 heterocycles. The molecule has 0 bridgehead atoms. The van der Waals surface area contributed by atoms with Crippen LogP contribution in [0.1, 0.15) is 74.5 Å². The van der Waals surface area contributed by atoms with Crippen molar-refractivity contribution in [3.63, 3.8) is 0 Å². The number of hydrogen-bond donors (Lipinski definition) is 2. The molecule has 1 aromatic heterocycles. The summed E-state index contributed by atoms with van der Waals surface area (Å²) in [5, 5.41) is 21.0. The fourth-order valence-corrected chi connectivity index (χ4v) is 5.96. The van der Waals surface area contributed by atoms with E-state index in [1.165, 1.54) is 48.3 Å². The molecular formula is C23H36O2S. The fourth-order valence-electron chi connectivity index (χ4n) is 5.03. The van der Waals surface area contributed by atoms with Gasteiger partial charge in [-0.1, -0.05) is 25.5 Å². The van der Waals surface area contributed by atoms with Crippen molar-refractivity contribution in [3.05, 3.63) is 34.0 Å². The van der Waals surface area contributed by atoms with Crippen molar-refractivity contribution in [1.29, 1.82) is 0 Å². The highest BCUT2D eigenvalue weighted by Crippen LogP contribution is 2.47. The molecule has 2 aliphatic carbocycles. The van der Waals surface area contributed by atoms with Crippen LogP contribution in [-0.2, 0) is 6.42 Å². The standard InChI is InChI=1S/C23H36O2S/c1-3-23(15-6-16-23)22(25)10-5-9-20-18(12-14-21(20)24)7-4-8-19-13-11-17(2)26-19/h5,9,11,13,18,20-22,24-25H,3-4,6-8,10,12,14-16H2,1-2H3/b9-5+/t18-,20?,21?,22?/m0/s1. The van der Waals surface area contributed by atoms with Crippen LogP contribution in [0.5, 0.6) is 0 Å². The van der Waals surface area contributed by atoms with E-state index >= 15 is 0 Å². The minimum Gasteiger partial charge on any atom is -0.393 e. The Labute approximate surface area is 163 Å². The van der Waals surface area contributed by atoms with Gasteiger partial charge in [0.2, 0.25) is 0 Å². The van der Waals surface area contributed by atoms with E-state index in [2.05, 4.69) is 38.1 Å². The van der Waals surface area contributed by atoms with Gasteiger partial charge in [-0.25, -0.2) is 0 Å². The predicted octanol–water partition coefficient (Wildman–Crippen LogP) is 5.65. The predicted molar refractivity (Wildman–Crippen MR) is 111 cm³/mol. The van der Waals surface area contributed by atoms with E-state index in [0.29, 0.717) is 5.92 Å². The molecule has 0 spiro atoms. The molecule has 4 atom stereocenters. The van der Waals surface area contributed by atoms with Gasteiger partial charge in [-0.2, -0.15) is 0 Å². The SMILES string of the molecule is CCC1(C(O)C/C=C/C2C(O)CC[C@@H]2CCCc2ccc(C)s2)CCC1. The van der Waals surface area contributed by atoms with Gasteiger partial charge in [0.05, 0.1) is 12.2 Å². The first kappa shape index (κ1) is 20.1. The third kappa shape index (κ3) is 4.61. The van der Waals surface area contributed by atoms with E-state index in [9.17, 15) is 10.2 Å². The van der Waals surface area contributed by atoms with Gasteiger partial charge in [0.15, 0.2) is 0 Å². The molecule has 0 radical (unpaired) electrons. The second kappa shape index (κ2) is 9.03. The first-order valence-electron chi connectivity index (χ1n) is 10.6. The largest absolute Gasteiger partial charge is 0.393 e. The molecule has 0 saturated heterocycles. The van der Waals surface area contributed by atoms with Gasteiger partial charge in [-0.3, -0.25) is 0 Å². The first-order valence-corrected chi connectivity index (χ1v) is 11.4. The summed E-state index contributed by atoms with van der Waals surface area (Å²) in [6.07, 6.45) is 15.1. The molecule has 2 N–H and O–H groups in total. The molecular weight excluding hydrogens is 340 g/mol. The zero-order valence-electron chi connectivity index (χ0n) is 16.5. The van der Waals surface area contributed by atoms with Crippen molar-refractivity contribution in [2.24, 2.45) is 17.3 Å². The topological polar surface area (TPSA) is 40.5 Å². The van der Waals surface area contributed by atoms with Gasteiger partial charge >= 0.3 is 0 Å². The summed E-state index contributed by atoms with van der Waals surface area (Å²) in [6.45, 7) is 4.38. The van der Waals surface area contributed by atoms with Gasteiger partial charge < -0.3 is 10.2 Å². The molecule has 3 unspecified atom stereocenters. The van der Waals surface area contributed by atoms with Crippen LogP contribution in [0.2, 0.25) is 0 Å². The summed E-state index contributed by atoms with van der Waals surface area (Å²) >= 11 is 1.91. The molecule has 1 aromatic rings. The smallest absolute Gasteiger partial charge is 0.0630 e. The normalized spacial score (nSPS) is 29.2. The van der Waals surface area contributed by atoms with Gasteiger partial charge in [0.1, 0.15) is 0 Å². The van der Waals surface area contributed by atoms with E-state index in [0.717, 1.165) is 25.7 Å². The summed E-state index contributed by atoms with van der Waals surface area (Å²) < 4.78 is 0. The Balaban J connectivity index is 1.47. The second-order valence-electron chi connectivity index (χ2n) is 8.64. The highest BCUT2D eigenvalue weighted by Gasteiger charge is 2.41. The Morgan fingerprint density at radius 2 is 2.12 bits per heavy atom. The van der Waals surface area contributed by atoms with Crippen molar-refractivity contribution in [1.82, 2.24) is 0 Å². The minimum atomic E-state index is -0.212. The zero-order valence-corrected chi connectivity index (χ0v) is 17.3. The monoisotopic (exact) mass is 376 g/mol. The Hall–Kier alpha value is -0.640. The summed E-state index contributed by atoms with van der Waals surface area (Å²) in [4.78, 5) is 2.88. The molecule has 2 fully saturated rings. The quantitative estimate of drug-likeness (QED) is 0.546. The molecule has 2 nitrogen and oxygen atoms in total. The Morgan fingerprint density at radius 1 is 1.31 bits per heavy atom. The molecule has 3 heteroatoms. The molecule has 0 amide bonds. The van der Waals surface area contributed by atoms with Crippen LogP contribution in [0.25, 0.3) is 0 Å². The third-order valence-corrected chi connectivity index (χ3v) is 8.15. The van der Waals surface area contributed by atoms with Crippen molar-refractivity contribution in [2.75, 3.05) is 0 Å². The Kier molecular flexibility index (Phi) is 6.98. The molecule has 0 aliphatic heterocycles. The lowest BCUT2D eigenvalue weighted by Crippen LogP contribution is -2.40. The van der Waals surface area contributed by atoms with E-state index in [4.69, 9.17) is 0 Å². The number of aliphatic hydroxyl groups is 2. The van der Waals surface area contributed by atoms with E-state index in [-0.39, 0.29) is 23.5 Å². The van der Waals surface area contributed by atoms with Crippen molar-refractivity contribution in [2.45, 2.75) is 90.3 Å². The maximum atomic E-state index is 10.6. The van der Waals surface area contributed by atoms with Gasteiger partial charge in [0, 0.05) is 15.7 Å². The summed E-state index contributed by atoms with van der Waals surface area (Å²) in [6, 6.07) is 4.47. The van der Waals surface area contributed by atoms with Crippen LogP contribution >= 0.6 is 11.3 Å². The second-order valence-corrected chi connectivity index (χ2v) is 10.0. The number of thiophene rings is 1. The fraction of sp³-hybridized carbons (Fsp3) is 0.739. The Bertz CT molecular complexity index is 581. The third-order valence-electron chi connectivity index (χ3n) is 7.09. The van der Waals surface area contributed by atoms with Crippen LogP contribution in [0.15, 0.2) is 24.3 Å². The Morgan fingerprint density at radius 3 is 2.73 bits per heavy atom. The molecule has 2 aliphatic rings. The lowest BCUT2D eigenvalue weighted by molar-refractivity contribution is -0.0355. The molecule has 26 heavy (non-hydrogen) atoms. The summed E-state index contributed by atoms with van der Waals surface area (Å²) in [5.41, 5.74) is 0.177. The van der Waals surface area contributed by atoms with Gasteiger partial charge in [-0.15, -0.1) is 11.3 Å². The summed E-state index contributed by atoms with van der Waals surface area (Å²) in [7, 11) is 0. The lowest BCUT2D eigenvalue weighted by atomic mass is 9.63. The highest BCUT2D eigenvalue weighted by atomic mass is 32.1. The van der Waals surface area contributed by atoms with Crippen LogP contribution in [0.3, 0.4) is 0 Å². The van der Waals surface area contributed by atoms with Crippen molar-refractivity contribution in [3.8, 4) is 0 Å². The lowest BCUT2D eigenvalue weighted by Gasteiger charge is -2.45. The van der Waals surface area contributed by atoms with Crippen LogP contribution < -0.4 is 0 Å². The zero-order chi connectivity index (χ0) is 18.6.